The van der Waals surface area contributed by atoms with E-state index in [0.29, 0.717) is 18.2 Å². The second-order valence-electron chi connectivity index (χ2n) is 3.87. The summed E-state index contributed by atoms with van der Waals surface area (Å²) in [5.74, 6) is 0.811. The molecule has 0 unspecified atom stereocenters. The molecule has 0 aliphatic carbocycles. The molecule has 0 atom stereocenters. The summed E-state index contributed by atoms with van der Waals surface area (Å²) in [6.07, 6.45) is 0. The minimum absolute atomic E-state index is 0.452. The molecule has 0 saturated carbocycles. The van der Waals surface area contributed by atoms with Crippen molar-refractivity contribution >= 4 is 27.5 Å². The Labute approximate surface area is 120 Å². The first-order chi connectivity index (χ1) is 8.69. The molecule has 0 amide bonds. The molecule has 2 N–H and O–H groups in total. The molecule has 0 radical (unpaired) electrons. The number of rotatable bonds is 4. The first-order valence-corrected chi connectivity index (χ1v) is 6.72. The van der Waals surface area contributed by atoms with E-state index in [-0.39, 0.29) is 0 Å². The van der Waals surface area contributed by atoms with Crippen LogP contribution >= 0.6 is 27.5 Å². The second-order valence-corrected chi connectivity index (χ2v) is 5.20. The minimum atomic E-state index is 0.452. The molecule has 4 heteroatoms. The van der Waals surface area contributed by atoms with Gasteiger partial charge in [-0.2, -0.15) is 0 Å². The molecule has 2 aromatic rings. The lowest BCUT2D eigenvalue weighted by Gasteiger charge is -2.08. The predicted molar refractivity (Wildman–Crippen MR) is 77.8 cm³/mol. The van der Waals surface area contributed by atoms with Gasteiger partial charge in [-0.15, -0.1) is 0 Å². The summed E-state index contributed by atoms with van der Waals surface area (Å²) in [6.45, 7) is 0.993. The summed E-state index contributed by atoms with van der Waals surface area (Å²) < 4.78 is 6.63. The van der Waals surface area contributed by atoms with Gasteiger partial charge in [0, 0.05) is 21.6 Å². The topological polar surface area (TPSA) is 35.2 Å². The molecule has 94 valence electrons. The molecule has 0 fully saturated rings. The lowest BCUT2D eigenvalue weighted by Crippen LogP contribution is -1.98. The van der Waals surface area contributed by atoms with Gasteiger partial charge in [0.05, 0.1) is 0 Å². The summed E-state index contributed by atoms with van der Waals surface area (Å²) in [7, 11) is 0. The zero-order valence-corrected chi connectivity index (χ0v) is 12.0. The van der Waals surface area contributed by atoms with E-state index in [2.05, 4.69) is 15.9 Å². The smallest absolute Gasteiger partial charge is 0.119 e. The molecular formula is C14H13BrClNO. The molecule has 2 nitrogen and oxygen atoms in total. The lowest BCUT2D eigenvalue weighted by atomic mass is 10.2. The van der Waals surface area contributed by atoms with Crippen LogP contribution in [0.4, 0.5) is 0 Å². The van der Waals surface area contributed by atoms with E-state index in [4.69, 9.17) is 22.1 Å². The highest BCUT2D eigenvalue weighted by Crippen LogP contribution is 2.23. The van der Waals surface area contributed by atoms with Crippen LogP contribution in [0.15, 0.2) is 46.9 Å². The van der Waals surface area contributed by atoms with Crippen molar-refractivity contribution in [3.05, 3.63) is 63.1 Å². The predicted octanol–water partition coefficient (Wildman–Crippen LogP) is 4.14. The van der Waals surface area contributed by atoms with Gasteiger partial charge in [0.15, 0.2) is 0 Å². The SMILES string of the molecule is NCc1ccc(OCc2ccc(Br)cc2Cl)cc1. The van der Waals surface area contributed by atoms with E-state index in [1.54, 1.807) is 0 Å². The van der Waals surface area contributed by atoms with Crippen molar-refractivity contribution in [3.63, 3.8) is 0 Å². The van der Waals surface area contributed by atoms with Gasteiger partial charge < -0.3 is 10.5 Å². The quantitative estimate of drug-likeness (QED) is 0.916. The maximum Gasteiger partial charge on any atom is 0.119 e. The summed E-state index contributed by atoms with van der Waals surface area (Å²) in [4.78, 5) is 0. The van der Waals surface area contributed by atoms with Crippen LogP contribution in [0.2, 0.25) is 5.02 Å². The van der Waals surface area contributed by atoms with Gasteiger partial charge >= 0.3 is 0 Å². The van der Waals surface area contributed by atoms with Gasteiger partial charge in [-0.25, -0.2) is 0 Å². The highest BCUT2D eigenvalue weighted by molar-refractivity contribution is 9.10. The molecule has 0 aliphatic rings. The molecule has 0 aliphatic heterocycles. The first-order valence-electron chi connectivity index (χ1n) is 5.55. The van der Waals surface area contributed by atoms with Gasteiger partial charge in [-0.3, -0.25) is 0 Å². The van der Waals surface area contributed by atoms with Gasteiger partial charge in [0.25, 0.3) is 0 Å². The largest absolute Gasteiger partial charge is 0.489 e. The molecule has 0 bridgehead atoms. The van der Waals surface area contributed by atoms with E-state index in [1.165, 1.54) is 0 Å². The Bertz CT molecular complexity index is 528. The van der Waals surface area contributed by atoms with Crippen LogP contribution in [-0.4, -0.2) is 0 Å². The van der Waals surface area contributed by atoms with E-state index >= 15 is 0 Å². The maximum atomic E-state index is 6.12. The van der Waals surface area contributed by atoms with Crippen molar-refractivity contribution in [3.8, 4) is 5.75 Å². The molecule has 18 heavy (non-hydrogen) atoms. The third-order valence-electron chi connectivity index (χ3n) is 2.57. The second kappa shape index (κ2) is 6.23. The zero-order valence-electron chi connectivity index (χ0n) is 9.70. The average Bonchev–Trinajstić information content (AvgIpc) is 2.38. The fourth-order valence-corrected chi connectivity index (χ4v) is 2.25. The fraction of sp³-hybridized carbons (Fsp3) is 0.143. The Kier molecular flexibility index (Phi) is 4.64. The van der Waals surface area contributed by atoms with Crippen LogP contribution in [0.3, 0.4) is 0 Å². The molecule has 0 aromatic heterocycles. The molecule has 0 saturated heterocycles. The molecule has 0 heterocycles. The van der Waals surface area contributed by atoms with Crippen molar-refractivity contribution in [2.24, 2.45) is 5.73 Å². The van der Waals surface area contributed by atoms with Crippen molar-refractivity contribution in [1.82, 2.24) is 0 Å². The normalized spacial score (nSPS) is 10.4. The summed E-state index contributed by atoms with van der Waals surface area (Å²) in [5.41, 5.74) is 7.58. The van der Waals surface area contributed by atoms with Crippen LogP contribution in [0.1, 0.15) is 11.1 Å². The molecule has 0 spiro atoms. The van der Waals surface area contributed by atoms with E-state index in [0.717, 1.165) is 21.3 Å². The summed E-state index contributed by atoms with van der Waals surface area (Å²) in [6, 6.07) is 13.5. The number of halogens is 2. The third kappa shape index (κ3) is 3.48. The number of hydrogen-bond acceptors (Lipinski definition) is 2. The van der Waals surface area contributed by atoms with Crippen LogP contribution in [0.5, 0.6) is 5.75 Å². The lowest BCUT2D eigenvalue weighted by molar-refractivity contribution is 0.306. The highest BCUT2D eigenvalue weighted by Gasteiger charge is 2.02. The molecular weight excluding hydrogens is 314 g/mol. The van der Waals surface area contributed by atoms with Crippen molar-refractivity contribution < 1.29 is 4.74 Å². The van der Waals surface area contributed by atoms with Gasteiger partial charge in [0.1, 0.15) is 12.4 Å². The Morgan fingerprint density at radius 2 is 1.83 bits per heavy atom. The number of ether oxygens (including phenoxy) is 1. The first kappa shape index (κ1) is 13.4. The number of benzene rings is 2. The van der Waals surface area contributed by atoms with Crippen LogP contribution in [0, 0.1) is 0 Å². The van der Waals surface area contributed by atoms with E-state index < -0.39 is 0 Å². The van der Waals surface area contributed by atoms with Gasteiger partial charge in [-0.05, 0) is 29.8 Å². The van der Waals surface area contributed by atoms with E-state index in [9.17, 15) is 0 Å². The number of nitrogens with two attached hydrogens (primary N) is 1. The van der Waals surface area contributed by atoms with Crippen LogP contribution in [0.25, 0.3) is 0 Å². The van der Waals surface area contributed by atoms with Crippen LogP contribution in [-0.2, 0) is 13.2 Å². The van der Waals surface area contributed by atoms with Crippen LogP contribution < -0.4 is 10.5 Å². The van der Waals surface area contributed by atoms with Crippen molar-refractivity contribution in [2.45, 2.75) is 13.2 Å². The Hall–Kier alpha value is -1.03. The highest BCUT2D eigenvalue weighted by atomic mass is 79.9. The minimum Gasteiger partial charge on any atom is -0.489 e. The maximum absolute atomic E-state index is 6.12. The third-order valence-corrected chi connectivity index (χ3v) is 3.41. The average molecular weight is 327 g/mol. The summed E-state index contributed by atoms with van der Waals surface area (Å²) in [5, 5.41) is 0.697. The zero-order chi connectivity index (χ0) is 13.0. The molecule has 2 aromatic carbocycles. The van der Waals surface area contributed by atoms with Gasteiger partial charge in [-0.1, -0.05) is 45.7 Å². The fourth-order valence-electron chi connectivity index (χ4n) is 1.52. The Morgan fingerprint density at radius 1 is 1.11 bits per heavy atom. The van der Waals surface area contributed by atoms with Gasteiger partial charge in [0.2, 0.25) is 0 Å². The molecule has 2 rings (SSSR count). The number of hydrogen-bond donors (Lipinski definition) is 1. The standard InChI is InChI=1S/C14H13BrClNO/c15-12-4-3-11(14(16)7-12)9-18-13-5-1-10(8-17)2-6-13/h1-7H,8-9,17H2. The van der Waals surface area contributed by atoms with Crippen molar-refractivity contribution in [1.29, 1.82) is 0 Å². The summed E-state index contributed by atoms with van der Waals surface area (Å²) >= 11 is 9.49. The Balaban J connectivity index is 2.02. The van der Waals surface area contributed by atoms with Crippen molar-refractivity contribution in [2.75, 3.05) is 0 Å². The monoisotopic (exact) mass is 325 g/mol. The van der Waals surface area contributed by atoms with E-state index in [1.807, 2.05) is 42.5 Å². The Morgan fingerprint density at radius 3 is 2.44 bits per heavy atom.